The van der Waals surface area contributed by atoms with Crippen molar-refractivity contribution in [2.24, 2.45) is 0 Å². The number of likely N-dealkylation sites (tertiary alicyclic amines) is 1. The molecule has 1 saturated heterocycles. The summed E-state index contributed by atoms with van der Waals surface area (Å²) in [4.78, 5) is 2.26. The van der Waals surface area contributed by atoms with Crippen LogP contribution >= 0.6 is 0 Å². The summed E-state index contributed by atoms with van der Waals surface area (Å²) >= 11 is 0. The van der Waals surface area contributed by atoms with E-state index in [1.165, 1.54) is 0 Å². The Hall–Kier alpha value is -0.150. The zero-order chi connectivity index (χ0) is 7.40. The fourth-order valence-electron chi connectivity index (χ4n) is 1.22. The van der Waals surface area contributed by atoms with Gasteiger partial charge in [-0.2, -0.15) is 0 Å². The number of rotatable bonds is 4. The molecule has 0 unspecified atom stereocenters. The van der Waals surface area contributed by atoms with Gasteiger partial charge >= 0.3 is 0 Å². The van der Waals surface area contributed by atoms with Crippen LogP contribution in [-0.4, -0.2) is 44.3 Å². The van der Waals surface area contributed by atoms with E-state index in [1.807, 2.05) is 7.05 Å². The third kappa shape index (κ3) is 1.92. The summed E-state index contributed by atoms with van der Waals surface area (Å²) in [5.74, 6) is 0. The quantitative estimate of drug-likeness (QED) is 0.624. The zero-order valence-corrected chi connectivity index (χ0v) is 6.44. The minimum atomic E-state index is -0.180. The molecule has 1 fully saturated rings. The van der Waals surface area contributed by atoms with Crippen molar-refractivity contribution >= 4 is 0 Å². The summed E-state index contributed by atoms with van der Waals surface area (Å²) in [6.45, 7) is 2.93. The smallest absolute Gasteiger partial charge is 0.0906 e. The Morgan fingerprint density at radius 3 is 2.90 bits per heavy atom. The SMILES string of the molecule is CNC1CN(CCCF)C1.[HH]. The van der Waals surface area contributed by atoms with Crippen LogP contribution in [0.5, 0.6) is 0 Å². The minimum absolute atomic E-state index is 0. The number of hydrogen-bond donors (Lipinski definition) is 1. The fraction of sp³-hybridized carbons (Fsp3) is 1.00. The molecule has 0 saturated carbocycles. The first-order valence-electron chi connectivity index (χ1n) is 3.82. The first kappa shape index (κ1) is 7.95. The van der Waals surface area contributed by atoms with Gasteiger partial charge in [-0.05, 0) is 13.5 Å². The van der Waals surface area contributed by atoms with Crippen molar-refractivity contribution in [2.45, 2.75) is 12.5 Å². The van der Waals surface area contributed by atoms with Crippen LogP contribution in [0.2, 0.25) is 0 Å². The second kappa shape index (κ2) is 3.88. The predicted octanol–water partition coefficient (Wildman–Crippen LogP) is 0.496. The van der Waals surface area contributed by atoms with Crippen molar-refractivity contribution in [3.8, 4) is 0 Å². The van der Waals surface area contributed by atoms with Crippen molar-refractivity contribution in [3.63, 3.8) is 0 Å². The standard InChI is InChI=1S/C7H15FN2.H2/c1-9-7-5-10(6-7)4-2-3-8;/h7,9H,2-6H2,1H3;1H. The summed E-state index contributed by atoms with van der Waals surface area (Å²) < 4.78 is 11.7. The van der Waals surface area contributed by atoms with Crippen molar-refractivity contribution < 1.29 is 5.82 Å². The first-order chi connectivity index (χ1) is 4.86. The Morgan fingerprint density at radius 1 is 1.70 bits per heavy atom. The Bertz CT molecular complexity index is 93.7. The van der Waals surface area contributed by atoms with Gasteiger partial charge in [-0.15, -0.1) is 0 Å². The molecule has 10 heavy (non-hydrogen) atoms. The topological polar surface area (TPSA) is 15.3 Å². The highest BCUT2D eigenvalue weighted by molar-refractivity contribution is 4.83. The molecular weight excluding hydrogens is 131 g/mol. The lowest BCUT2D eigenvalue weighted by Crippen LogP contribution is -2.56. The molecule has 0 aromatic carbocycles. The van der Waals surface area contributed by atoms with E-state index < -0.39 is 0 Å². The number of hydrogen-bond acceptors (Lipinski definition) is 2. The molecular formula is C7H17FN2. The molecule has 0 aliphatic carbocycles. The van der Waals surface area contributed by atoms with E-state index in [1.54, 1.807) is 0 Å². The van der Waals surface area contributed by atoms with E-state index >= 15 is 0 Å². The first-order valence-corrected chi connectivity index (χ1v) is 3.82. The van der Waals surface area contributed by atoms with Crippen molar-refractivity contribution in [1.82, 2.24) is 10.2 Å². The van der Waals surface area contributed by atoms with E-state index in [9.17, 15) is 4.39 Å². The molecule has 3 heteroatoms. The molecule has 2 nitrogen and oxygen atoms in total. The van der Waals surface area contributed by atoms with E-state index in [2.05, 4.69) is 10.2 Å². The van der Waals surface area contributed by atoms with Crippen LogP contribution < -0.4 is 5.32 Å². The molecule has 1 aliphatic rings. The van der Waals surface area contributed by atoms with Gasteiger partial charge < -0.3 is 10.2 Å². The van der Waals surface area contributed by atoms with Crippen LogP contribution in [-0.2, 0) is 0 Å². The highest BCUT2D eigenvalue weighted by Crippen LogP contribution is 2.06. The highest BCUT2D eigenvalue weighted by Gasteiger charge is 2.23. The van der Waals surface area contributed by atoms with Crippen molar-refractivity contribution in [1.29, 1.82) is 0 Å². The van der Waals surface area contributed by atoms with Crippen LogP contribution in [0.1, 0.15) is 7.85 Å². The lowest BCUT2D eigenvalue weighted by atomic mass is 10.1. The van der Waals surface area contributed by atoms with Crippen LogP contribution in [0.15, 0.2) is 0 Å². The van der Waals surface area contributed by atoms with Gasteiger partial charge in [-0.3, -0.25) is 4.39 Å². The Morgan fingerprint density at radius 2 is 2.40 bits per heavy atom. The highest BCUT2D eigenvalue weighted by atomic mass is 19.1. The number of nitrogens with zero attached hydrogens (tertiary/aromatic N) is 1. The number of likely N-dealkylation sites (N-methyl/N-ethyl adjacent to an activating group) is 1. The lowest BCUT2D eigenvalue weighted by molar-refractivity contribution is 0.127. The summed E-state index contributed by atoms with van der Waals surface area (Å²) in [7, 11) is 1.97. The van der Waals surface area contributed by atoms with Gasteiger partial charge in [-0.25, -0.2) is 0 Å². The van der Waals surface area contributed by atoms with Crippen molar-refractivity contribution in [2.75, 3.05) is 33.4 Å². The number of alkyl halides is 1. The van der Waals surface area contributed by atoms with Gasteiger partial charge in [-0.1, -0.05) is 0 Å². The van der Waals surface area contributed by atoms with E-state index in [0.29, 0.717) is 12.5 Å². The van der Waals surface area contributed by atoms with Gasteiger partial charge in [0.25, 0.3) is 0 Å². The van der Waals surface area contributed by atoms with E-state index in [0.717, 1.165) is 19.6 Å². The normalized spacial score (nSPS) is 21.0. The lowest BCUT2D eigenvalue weighted by Gasteiger charge is -2.38. The zero-order valence-electron chi connectivity index (χ0n) is 6.44. The maximum atomic E-state index is 11.7. The van der Waals surface area contributed by atoms with Gasteiger partial charge in [0.2, 0.25) is 0 Å². The molecule has 0 aromatic heterocycles. The molecule has 1 heterocycles. The average Bonchev–Trinajstić information content (AvgIpc) is 1.86. The van der Waals surface area contributed by atoms with E-state index in [-0.39, 0.29) is 8.10 Å². The second-order valence-corrected chi connectivity index (χ2v) is 2.79. The summed E-state index contributed by atoms with van der Waals surface area (Å²) in [6, 6.07) is 0.652. The Labute approximate surface area is 62.9 Å². The molecule has 0 atom stereocenters. The second-order valence-electron chi connectivity index (χ2n) is 2.79. The van der Waals surface area contributed by atoms with Gasteiger partial charge in [0.15, 0.2) is 0 Å². The Balaban J connectivity index is 0.000001000. The predicted molar refractivity (Wildman–Crippen MR) is 42.0 cm³/mol. The van der Waals surface area contributed by atoms with Gasteiger partial charge in [0.1, 0.15) is 0 Å². The molecule has 62 valence electrons. The van der Waals surface area contributed by atoms with Crippen molar-refractivity contribution in [3.05, 3.63) is 0 Å². The Kier molecular flexibility index (Phi) is 3.09. The monoisotopic (exact) mass is 148 g/mol. The molecule has 0 radical (unpaired) electrons. The number of nitrogens with one attached hydrogen (secondary N) is 1. The van der Waals surface area contributed by atoms with E-state index in [4.69, 9.17) is 0 Å². The third-order valence-corrected chi connectivity index (χ3v) is 1.97. The molecule has 0 amide bonds. The molecule has 1 rings (SSSR count). The fourth-order valence-corrected chi connectivity index (χ4v) is 1.22. The summed E-state index contributed by atoms with van der Waals surface area (Å²) in [5, 5.41) is 3.17. The molecule has 0 spiro atoms. The van der Waals surface area contributed by atoms with Gasteiger partial charge in [0, 0.05) is 27.1 Å². The molecule has 0 aromatic rings. The third-order valence-electron chi connectivity index (χ3n) is 1.97. The van der Waals surface area contributed by atoms with Gasteiger partial charge in [0.05, 0.1) is 6.67 Å². The maximum Gasteiger partial charge on any atom is 0.0906 e. The number of halogens is 1. The summed E-state index contributed by atoms with van der Waals surface area (Å²) in [6.07, 6.45) is 0.691. The molecule has 1 aliphatic heterocycles. The maximum absolute atomic E-state index is 11.7. The van der Waals surface area contributed by atoms with Crippen LogP contribution in [0.3, 0.4) is 0 Å². The largest absolute Gasteiger partial charge is 0.315 e. The van der Waals surface area contributed by atoms with Crippen LogP contribution in [0.25, 0.3) is 0 Å². The minimum Gasteiger partial charge on any atom is -0.315 e. The van der Waals surface area contributed by atoms with Crippen LogP contribution in [0, 0.1) is 0 Å². The summed E-state index contributed by atoms with van der Waals surface area (Å²) in [5.41, 5.74) is 0. The molecule has 1 N–H and O–H groups in total. The average molecular weight is 148 g/mol. The molecule has 0 bridgehead atoms. The van der Waals surface area contributed by atoms with Crippen LogP contribution in [0.4, 0.5) is 4.39 Å².